The standard InChI is InChI=1S/C14H13Cl2N3O3S2/c1-2-18-14(20)19-24(21,22)12-8-17-7-6-11(12)23-13-9(15)4-3-5-10(13)16/h3-8H,2H2,1H3,(H2,18,19,20). The number of sulfonamides is 1. The second-order valence-electron chi connectivity index (χ2n) is 4.44. The van der Waals surface area contributed by atoms with E-state index in [1.165, 1.54) is 12.3 Å². The minimum absolute atomic E-state index is 0.141. The molecule has 6 nitrogen and oxygen atoms in total. The van der Waals surface area contributed by atoms with Gasteiger partial charge in [0.05, 0.1) is 10.0 Å². The van der Waals surface area contributed by atoms with Crippen LogP contribution < -0.4 is 10.0 Å². The average Bonchev–Trinajstić information content (AvgIpc) is 2.51. The number of hydrogen-bond donors (Lipinski definition) is 2. The van der Waals surface area contributed by atoms with Gasteiger partial charge < -0.3 is 5.32 Å². The minimum Gasteiger partial charge on any atom is -0.338 e. The molecule has 24 heavy (non-hydrogen) atoms. The van der Waals surface area contributed by atoms with Crippen molar-refractivity contribution >= 4 is 51.0 Å². The van der Waals surface area contributed by atoms with Crippen molar-refractivity contribution in [2.75, 3.05) is 6.54 Å². The Balaban J connectivity index is 2.39. The van der Waals surface area contributed by atoms with Crippen molar-refractivity contribution in [3.63, 3.8) is 0 Å². The van der Waals surface area contributed by atoms with Gasteiger partial charge in [-0.25, -0.2) is 17.9 Å². The number of benzene rings is 1. The van der Waals surface area contributed by atoms with E-state index in [0.717, 1.165) is 18.0 Å². The lowest BCUT2D eigenvalue weighted by Crippen LogP contribution is -2.39. The fraction of sp³-hybridized carbons (Fsp3) is 0.143. The van der Waals surface area contributed by atoms with E-state index in [1.54, 1.807) is 25.1 Å². The van der Waals surface area contributed by atoms with E-state index in [2.05, 4.69) is 10.3 Å². The zero-order valence-corrected chi connectivity index (χ0v) is 15.6. The zero-order chi connectivity index (χ0) is 17.7. The smallest absolute Gasteiger partial charge is 0.328 e. The van der Waals surface area contributed by atoms with Crippen LogP contribution in [-0.2, 0) is 10.0 Å². The molecule has 0 saturated heterocycles. The molecule has 0 aliphatic carbocycles. The van der Waals surface area contributed by atoms with E-state index < -0.39 is 16.1 Å². The van der Waals surface area contributed by atoms with Gasteiger partial charge in [-0.2, -0.15) is 0 Å². The molecular formula is C14H13Cl2N3O3S2. The number of pyridine rings is 1. The van der Waals surface area contributed by atoms with E-state index in [4.69, 9.17) is 23.2 Å². The average molecular weight is 406 g/mol. The van der Waals surface area contributed by atoms with Crippen molar-refractivity contribution in [3.05, 3.63) is 46.7 Å². The van der Waals surface area contributed by atoms with Crippen LogP contribution in [0.15, 0.2) is 51.3 Å². The Morgan fingerprint density at radius 2 is 1.92 bits per heavy atom. The monoisotopic (exact) mass is 405 g/mol. The second-order valence-corrected chi connectivity index (χ2v) is 7.96. The Morgan fingerprint density at radius 3 is 2.54 bits per heavy atom. The third kappa shape index (κ3) is 4.54. The quantitative estimate of drug-likeness (QED) is 0.793. The Kier molecular flexibility index (Phi) is 6.34. The summed E-state index contributed by atoms with van der Waals surface area (Å²) in [6.45, 7) is 1.97. The Hall–Kier alpha value is -1.48. The molecule has 0 spiro atoms. The van der Waals surface area contributed by atoms with Gasteiger partial charge in [0, 0.05) is 28.7 Å². The summed E-state index contributed by atoms with van der Waals surface area (Å²) in [4.78, 5) is 16.1. The van der Waals surface area contributed by atoms with Crippen LogP contribution in [0.3, 0.4) is 0 Å². The number of carbonyl (C=O) groups excluding carboxylic acids is 1. The first kappa shape index (κ1) is 18.9. The SMILES string of the molecule is CCNC(=O)NS(=O)(=O)c1cnccc1Sc1c(Cl)cccc1Cl. The molecule has 0 bridgehead atoms. The van der Waals surface area contributed by atoms with Crippen LogP contribution in [0.2, 0.25) is 10.0 Å². The molecule has 1 aromatic heterocycles. The lowest BCUT2D eigenvalue weighted by molar-refractivity contribution is 0.246. The second kappa shape index (κ2) is 8.06. The molecule has 0 saturated carbocycles. The van der Waals surface area contributed by atoms with Crippen molar-refractivity contribution in [1.29, 1.82) is 0 Å². The zero-order valence-electron chi connectivity index (χ0n) is 12.4. The van der Waals surface area contributed by atoms with Gasteiger partial charge in [-0.3, -0.25) is 4.98 Å². The van der Waals surface area contributed by atoms with Crippen molar-refractivity contribution in [2.24, 2.45) is 0 Å². The molecule has 1 aromatic carbocycles. The van der Waals surface area contributed by atoms with Gasteiger partial charge in [-0.1, -0.05) is 41.0 Å². The van der Waals surface area contributed by atoms with E-state index in [-0.39, 0.29) is 4.90 Å². The van der Waals surface area contributed by atoms with Crippen LogP contribution >= 0.6 is 35.0 Å². The highest BCUT2D eigenvalue weighted by Gasteiger charge is 2.22. The van der Waals surface area contributed by atoms with Gasteiger partial charge in [0.25, 0.3) is 10.0 Å². The number of nitrogens with one attached hydrogen (secondary N) is 2. The van der Waals surface area contributed by atoms with Crippen molar-refractivity contribution in [1.82, 2.24) is 15.0 Å². The first-order valence-electron chi connectivity index (χ1n) is 6.71. The molecule has 0 atom stereocenters. The summed E-state index contributed by atoms with van der Waals surface area (Å²) in [7, 11) is -4.09. The summed E-state index contributed by atoms with van der Waals surface area (Å²) in [6.07, 6.45) is 2.60. The number of amides is 2. The summed E-state index contributed by atoms with van der Waals surface area (Å²) in [5, 5.41) is 3.15. The van der Waals surface area contributed by atoms with Gasteiger partial charge in [-0.15, -0.1) is 0 Å². The van der Waals surface area contributed by atoms with E-state index >= 15 is 0 Å². The molecular weight excluding hydrogens is 393 g/mol. The molecule has 2 rings (SSSR count). The van der Waals surface area contributed by atoms with Crippen LogP contribution in [0.4, 0.5) is 4.79 Å². The number of halogens is 2. The van der Waals surface area contributed by atoms with Gasteiger partial charge >= 0.3 is 6.03 Å². The fourth-order valence-electron chi connectivity index (χ4n) is 1.72. The highest BCUT2D eigenvalue weighted by molar-refractivity contribution is 8.00. The van der Waals surface area contributed by atoms with Gasteiger partial charge in [0.15, 0.2) is 0 Å². The van der Waals surface area contributed by atoms with Crippen LogP contribution in [0.25, 0.3) is 0 Å². The lowest BCUT2D eigenvalue weighted by Gasteiger charge is -2.12. The maximum absolute atomic E-state index is 12.4. The largest absolute Gasteiger partial charge is 0.338 e. The summed E-state index contributed by atoms with van der Waals surface area (Å²) in [5.74, 6) is 0. The van der Waals surface area contributed by atoms with E-state index in [0.29, 0.717) is 26.4 Å². The number of hydrogen-bond acceptors (Lipinski definition) is 5. The molecule has 2 aromatic rings. The maximum atomic E-state index is 12.4. The Morgan fingerprint density at radius 1 is 1.25 bits per heavy atom. The highest BCUT2D eigenvalue weighted by Crippen LogP contribution is 2.40. The molecule has 1 heterocycles. The molecule has 128 valence electrons. The number of rotatable bonds is 5. The molecule has 2 amide bonds. The predicted molar refractivity (Wildman–Crippen MR) is 94.2 cm³/mol. The minimum atomic E-state index is -4.09. The maximum Gasteiger partial charge on any atom is 0.328 e. The van der Waals surface area contributed by atoms with Crippen molar-refractivity contribution in [3.8, 4) is 0 Å². The third-order valence-corrected chi connectivity index (χ3v) is 6.29. The van der Waals surface area contributed by atoms with Crippen LogP contribution in [0, 0.1) is 0 Å². The number of urea groups is 1. The molecule has 0 fully saturated rings. The van der Waals surface area contributed by atoms with E-state index in [9.17, 15) is 13.2 Å². The first-order valence-corrected chi connectivity index (χ1v) is 9.77. The van der Waals surface area contributed by atoms with Crippen molar-refractivity contribution < 1.29 is 13.2 Å². The van der Waals surface area contributed by atoms with Crippen LogP contribution in [0.5, 0.6) is 0 Å². The fourth-order valence-corrected chi connectivity index (χ4v) is 4.59. The highest BCUT2D eigenvalue weighted by atomic mass is 35.5. The van der Waals surface area contributed by atoms with Crippen LogP contribution in [0.1, 0.15) is 6.92 Å². The lowest BCUT2D eigenvalue weighted by atomic mass is 10.4. The predicted octanol–water partition coefficient (Wildman–Crippen LogP) is 3.55. The normalized spacial score (nSPS) is 11.1. The van der Waals surface area contributed by atoms with Gasteiger partial charge in [-0.05, 0) is 25.1 Å². The summed E-state index contributed by atoms with van der Waals surface area (Å²) < 4.78 is 26.7. The molecule has 2 N–H and O–H groups in total. The number of aromatic nitrogens is 1. The molecule has 0 unspecified atom stereocenters. The summed E-state index contributed by atoms with van der Waals surface area (Å²) in [6, 6.07) is 5.69. The molecule has 0 aliphatic heterocycles. The Bertz CT molecular complexity index is 840. The first-order chi connectivity index (χ1) is 11.3. The summed E-state index contributed by atoms with van der Waals surface area (Å²) >= 11 is 13.3. The summed E-state index contributed by atoms with van der Waals surface area (Å²) in [5.41, 5.74) is 0. The number of nitrogens with zero attached hydrogens (tertiary/aromatic N) is 1. The van der Waals surface area contributed by atoms with E-state index in [1.807, 2.05) is 4.72 Å². The van der Waals surface area contributed by atoms with Gasteiger partial charge in [0.2, 0.25) is 0 Å². The topological polar surface area (TPSA) is 88.2 Å². The molecule has 0 aliphatic rings. The number of carbonyl (C=O) groups is 1. The van der Waals surface area contributed by atoms with Crippen LogP contribution in [-0.4, -0.2) is 26.0 Å². The molecule has 0 radical (unpaired) electrons. The third-order valence-electron chi connectivity index (χ3n) is 2.73. The van der Waals surface area contributed by atoms with Gasteiger partial charge in [0.1, 0.15) is 4.90 Å². The molecule has 10 heteroatoms. The Labute approximate surface area is 154 Å². The van der Waals surface area contributed by atoms with Crippen molar-refractivity contribution in [2.45, 2.75) is 21.6 Å².